The van der Waals surface area contributed by atoms with Gasteiger partial charge in [0.15, 0.2) is 0 Å². The van der Waals surface area contributed by atoms with Gasteiger partial charge in [-0.15, -0.1) is 0 Å². The maximum Gasteiger partial charge on any atom is 0.308 e. The maximum atomic E-state index is 14.5. The number of hydrogen-bond donors (Lipinski definition) is 0. The minimum atomic E-state index is -0.912. The van der Waals surface area contributed by atoms with Crippen molar-refractivity contribution < 1.29 is 19.1 Å². The van der Waals surface area contributed by atoms with E-state index in [0.717, 1.165) is 33.4 Å². The predicted octanol–water partition coefficient (Wildman–Crippen LogP) is 7.10. The van der Waals surface area contributed by atoms with Crippen LogP contribution < -0.4 is 0 Å². The molecule has 0 unspecified atom stereocenters. The average Bonchev–Trinajstić information content (AvgIpc) is 3.68. The van der Waals surface area contributed by atoms with Crippen molar-refractivity contribution in [2.75, 3.05) is 6.61 Å². The molecule has 1 saturated heterocycles. The summed E-state index contributed by atoms with van der Waals surface area (Å²) in [7, 11) is 0. The minimum Gasteiger partial charge on any atom is -0.461 e. The van der Waals surface area contributed by atoms with Gasteiger partial charge < -0.3 is 14.4 Å². The van der Waals surface area contributed by atoms with E-state index in [1.54, 1.807) is 15.8 Å². The molecule has 4 aromatic carbocycles. The summed E-state index contributed by atoms with van der Waals surface area (Å²) in [6, 6.07) is 36.9. The Bertz CT molecular complexity index is 1720. The van der Waals surface area contributed by atoms with Gasteiger partial charge in [0.1, 0.15) is 18.4 Å². The fraction of sp³-hybridized carbons (Fsp3) is 0.237. The van der Waals surface area contributed by atoms with Crippen molar-refractivity contribution in [1.82, 2.24) is 14.7 Å². The summed E-state index contributed by atoms with van der Waals surface area (Å²) in [4.78, 5) is 29.5. The van der Waals surface area contributed by atoms with Crippen molar-refractivity contribution in [3.63, 3.8) is 0 Å². The number of carbonyl (C=O) groups excluding carboxylic acids is 2. The molecule has 2 heterocycles. The van der Waals surface area contributed by atoms with E-state index in [1.807, 2.05) is 98.9 Å². The molecule has 0 spiro atoms. The fourth-order valence-electron chi connectivity index (χ4n) is 5.92. The number of hydrogen-bond acceptors (Lipinski definition) is 5. The second-order valence-corrected chi connectivity index (χ2v) is 11.8. The lowest BCUT2D eigenvalue weighted by atomic mass is 10.0. The first-order valence-electron chi connectivity index (χ1n) is 15.3. The summed E-state index contributed by atoms with van der Waals surface area (Å²) in [5, 5.41) is 4.61. The van der Waals surface area contributed by atoms with Crippen molar-refractivity contribution in [2.45, 2.75) is 51.1 Å². The molecule has 0 bridgehead atoms. The van der Waals surface area contributed by atoms with E-state index in [9.17, 15) is 9.59 Å². The summed E-state index contributed by atoms with van der Waals surface area (Å²) < 4.78 is 13.4. The van der Waals surface area contributed by atoms with Crippen LogP contribution in [0.5, 0.6) is 0 Å². The number of aromatic nitrogens is 2. The first-order chi connectivity index (χ1) is 21.9. The second-order valence-electron chi connectivity index (χ2n) is 11.8. The molecule has 2 atom stereocenters. The van der Waals surface area contributed by atoms with Gasteiger partial charge in [-0.05, 0) is 48.1 Å². The quantitative estimate of drug-likeness (QED) is 0.160. The third-order valence-corrected chi connectivity index (χ3v) is 8.26. The number of rotatable bonds is 10. The van der Waals surface area contributed by atoms with Crippen LogP contribution in [0, 0.1) is 0 Å². The summed E-state index contributed by atoms with van der Waals surface area (Å²) in [5.41, 5.74) is 5.20. The number of benzene rings is 4. The predicted molar refractivity (Wildman–Crippen MR) is 174 cm³/mol. The molecule has 45 heavy (non-hydrogen) atoms. The van der Waals surface area contributed by atoms with E-state index >= 15 is 0 Å². The lowest BCUT2D eigenvalue weighted by Crippen LogP contribution is -2.51. The monoisotopic (exact) mass is 599 g/mol. The highest BCUT2D eigenvalue weighted by atomic mass is 16.5. The highest BCUT2D eigenvalue weighted by Crippen LogP contribution is 2.34. The SMILES string of the molecule is CC1(C)OC[C@H](Cc2ccccc2)N1C(=O)[C@@H](CC(=O)OCc1ccccc1)n1cc(-c2ccc(-c3ccccc3)cc2)cn1. The van der Waals surface area contributed by atoms with Gasteiger partial charge in [-0.25, -0.2) is 0 Å². The van der Waals surface area contributed by atoms with Crippen LogP contribution in [0.2, 0.25) is 0 Å². The molecule has 1 fully saturated rings. The van der Waals surface area contributed by atoms with Gasteiger partial charge in [0, 0.05) is 11.8 Å². The molecule has 0 aliphatic carbocycles. The van der Waals surface area contributed by atoms with Crippen LogP contribution in [-0.4, -0.2) is 44.9 Å². The zero-order valence-electron chi connectivity index (χ0n) is 25.6. The Hall–Kier alpha value is -5.01. The molecule has 5 aromatic rings. The van der Waals surface area contributed by atoms with Crippen LogP contribution >= 0.6 is 0 Å². The molecule has 1 aromatic heterocycles. The topological polar surface area (TPSA) is 73.7 Å². The van der Waals surface area contributed by atoms with Gasteiger partial charge in [-0.2, -0.15) is 5.10 Å². The molecular formula is C38H37N3O4. The van der Waals surface area contributed by atoms with Gasteiger partial charge in [0.2, 0.25) is 0 Å². The zero-order chi connectivity index (χ0) is 31.2. The third kappa shape index (κ3) is 7.05. The zero-order valence-corrected chi connectivity index (χ0v) is 25.6. The van der Waals surface area contributed by atoms with Crippen molar-refractivity contribution >= 4 is 11.9 Å². The Morgan fingerprint density at radius 2 is 1.36 bits per heavy atom. The maximum absolute atomic E-state index is 14.5. The lowest BCUT2D eigenvalue weighted by molar-refractivity contribution is -0.156. The third-order valence-electron chi connectivity index (χ3n) is 8.26. The van der Waals surface area contributed by atoms with Crippen LogP contribution in [0.15, 0.2) is 128 Å². The molecule has 1 amide bonds. The number of ether oxygens (including phenoxy) is 2. The fourth-order valence-corrected chi connectivity index (χ4v) is 5.92. The van der Waals surface area contributed by atoms with E-state index in [-0.39, 0.29) is 25.0 Å². The van der Waals surface area contributed by atoms with Crippen LogP contribution in [0.3, 0.4) is 0 Å². The van der Waals surface area contributed by atoms with Gasteiger partial charge in [-0.1, -0.05) is 115 Å². The number of nitrogens with zero attached hydrogens (tertiary/aromatic N) is 3. The highest BCUT2D eigenvalue weighted by molar-refractivity contribution is 5.86. The summed E-state index contributed by atoms with van der Waals surface area (Å²) in [6.45, 7) is 4.32. The Morgan fingerprint density at radius 1 is 0.800 bits per heavy atom. The van der Waals surface area contributed by atoms with Gasteiger partial charge >= 0.3 is 5.97 Å². The summed E-state index contributed by atoms with van der Waals surface area (Å²) in [5.74, 6) is -0.705. The standard InChI is InChI=1S/C38H37N3O4/c1-38(2)41(34(27-45-38)22-28-12-6-3-7-13-28)37(43)35(23-36(42)44-26-29-14-8-4-9-15-29)40-25-33(24-39-40)32-20-18-31(19-21-32)30-16-10-5-11-17-30/h3-21,24-25,34-35H,22-23,26-27H2,1-2H3/t34-,35+/m0/s1. The lowest BCUT2D eigenvalue weighted by Gasteiger charge is -2.36. The molecule has 228 valence electrons. The van der Waals surface area contributed by atoms with Crippen molar-refractivity contribution in [3.05, 3.63) is 139 Å². The molecule has 0 radical (unpaired) electrons. The molecule has 0 N–H and O–H groups in total. The Labute approximate surface area is 264 Å². The molecule has 1 aliphatic heterocycles. The van der Waals surface area contributed by atoms with E-state index in [1.165, 1.54) is 0 Å². The largest absolute Gasteiger partial charge is 0.461 e. The molecule has 7 nitrogen and oxygen atoms in total. The van der Waals surface area contributed by atoms with Crippen molar-refractivity contribution in [1.29, 1.82) is 0 Å². The Morgan fingerprint density at radius 3 is 2.00 bits per heavy atom. The number of amides is 1. The highest BCUT2D eigenvalue weighted by Gasteiger charge is 2.46. The Balaban J connectivity index is 1.27. The smallest absolute Gasteiger partial charge is 0.308 e. The van der Waals surface area contributed by atoms with Crippen molar-refractivity contribution in [3.8, 4) is 22.3 Å². The van der Waals surface area contributed by atoms with Crippen LogP contribution in [0.1, 0.15) is 37.4 Å². The first kappa shape index (κ1) is 30.0. The van der Waals surface area contributed by atoms with Crippen LogP contribution in [0.25, 0.3) is 22.3 Å². The molecule has 1 aliphatic rings. The van der Waals surface area contributed by atoms with E-state index < -0.39 is 17.7 Å². The van der Waals surface area contributed by atoms with Gasteiger partial charge in [0.25, 0.3) is 5.91 Å². The molecule has 7 heteroatoms. The van der Waals surface area contributed by atoms with Gasteiger partial charge in [-0.3, -0.25) is 14.3 Å². The molecule has 6 rings (SSSR count). The Kier molecular flexibility index (Phi) is 8.89. The number of esters is 1. The second kappa shape index (κ2) is 13.3. The average molecular weight is 600 g/mol. The first-order valence-corrected chi connectivity index (χ1v) is 15.3. The molecular weight excluding hydrogens is 562 g/mol. The summed E-state index contributed by atoms with van der Waals surface area (Å²) in [6.07, 6.45) is 4.05. The number of carbonyl (C=O) groups is 2. The van der Waals surface area contributed by atoms with Crippen molar-refractivity contribution in [2.24, 2.45) is 0 Å². The minimum absolute atomic E-state index is 0.133. The van der Waals surface area contributed by atoms with E-state index in [0.29, 0.717) is 13.0 Å². The van der Waals surface area contributed by atoms with Crippen LogP contribution in [0.4, 0.5) is 0 Å². The van der Waals surface area contributed by atoms with Gasteiger partial charge in [0.05, 0.1) is 25.3 Å². The normalized spacial score (nSPS) is 16.3. The van der Waals surface area contributed by atoms with Crippen LogP contribution in [-0.2, 0) is 32.1 Å². The summed E-state index contributed by atoms with van der Waals surface area (Å²) >= 11 is 0. The van der Waals surface area contributed by atoms with E-state index in [4.69, 9.17) is 9.47 Å². The molecule has 0 saturated carbocycles. The van der Waals surface area contributed by atoms with E-state index in [2.05, 4.69) is 41.5 Å².